The number of carbonyl (C=O) groups is 1. The fourth-order valence-electron chi connectivity index (χ4n) is 1.30. The SMILES string of the molecule is C#CCNCC(=O)Nc1ccc(OCC)c(Cl)c1. The van der Waals surface area contributed by atoms with Gasteiger partial charge in [-0.3, -0.25) is 10.1 Å². The summed E-state index contributed by atoms with van der Waals surface area (Å²) in [4.78, 5) is 11.5. The van der Waals surface area contributed by atoms with Gasteiger partial charge in [0.2, 0.25) is 5.91 Å². The number of terminal acetylenes is 1. The molecule has 0 atom stereocenters. The second-order valence-corrected chi connectivity index (χ2v) is 3.84. The highest BCUT2D eigenvalue weighted by Crippen LogP contribution is 2.27. The van der Waals surface area contributed by atoms with Crippen molar-refractivity contribution in [1.82, 2.24) is 5.32 Å². The Bertz CT molecular complexity index is 455. The van der Waals surface area contributed by atoms with Crippen LogP contribution < -0.4 is 15.4 Å². The summed E-state index contributed by atoms with van der Waals surface area (Å²) in [5, 5.41) is 5.96. The molecule has 2 N–H and O–H groups in total. The Balaban J connectivity index is 2.55. The van der Waals surface area contributed by atoms with Crippen molar-refractivity contribution in [3.63, 3.8) is 0 Å². The lowest BCUT2D eigenvalue weighted by Crippen LogP contribution is -2.28. The van der Waals surface area contributed by atoms with Gasteiger partial charge in [-0.05, 0) is 25.1 Å². The van der Waals surface area contributed by atoms with Crippen molar-refractivity contribution in [2.45, 2.75) is 6.92 Å². The van der Waals surface area contributed by atoms with Crippen molar-refractivity contribution in [2.24, 2.45) is 0 Å². The number of hydrogen-bond acceptors (Lipinski definition) is 3. The first-order valence-electron chi connectivity index (χ1n) is 5.53. The highest BCUT2D eigenvalue weighted by atomic mass is 35.5. The molecule has 0 heterocycles. The van der Waals surface area contributed by atoms with E-state index >= 15 is 0 Å². The lowest BCUT2D eigenvalue weighted by Gasteiger charge is -2.09. The fourth-order valence-corrected chi connectivity index (χ4v) is 1.54. The average Bonchev–Trinajstić information content (AvgIpc) is 2.33. The molecule has 0 aliphatic rings. The zero-order chi connectivity index (χ0) is 13.4. The van der Waals surface area contributed by atoms with Gasteiger partial charge in [0, 0.05) is 5.69 Å². The third kappa shape index (κ3) is 4.66. The van der Waals surface area contributed by atoms with Gasteiger partial charge in [0.25, 0.3) is 0 Å². The van der Waals surface area contributed by atoms with E-state index in [1.165, 1.54) is 0 Å². The first kappa shape index (κ1) is 14.4. The van der Waals surface area contributed by atoms with Crippen molar-refractivity contribution in [3.8, 4) is 18.1 Å². The van der Waals surface area contributed by atoms with Crippen LogP contribution in [0.5, 0.6) is 5.75 Å². The van der Waals surface area contributed by atoms with E-state index in [0.29, 0.717) is 29.6 Å². The lowest BCUT2D eigenvalue weighted by atomic mass is 10.3. The normalized spacial score (nSPS) is 9.61. The summed E-state index contributed by atoms with van der Waals surface area (Å²) >= 11 is 6.00. The van der Waals surface area contributed by atoms with Gasteiger partial charge in [-0.2, -0.15) is 0 Å². The highest BCUT2D eigenvalue weighted by Gasteiger charge is 2.05. The van der Waals surface area contributed by atoms with Crippen LogP contribution in [-0.2, 0) is 4.79 Å². The Hall–Kier alpha value is -1.70. The molecule has 0 aliphatic carbocycles. The Morgan fingerprint density at radius 2 is 2.33 bits per heavy atom. The smallest absolute Gasteiger partial charge is 0.238 e. The molecular weight excluding hydrogens is 252 g/mol. The monoisotopic (exact) mass is 266 g/mol. The minimum atomic E-state index is -0.175. The molecular formula is C13H15ClN2O2. The molecule has 0 fully saturated rings. The molecule has 96 valence electrons. The molecule has 18 heavy (non-hydrogen) atoms. The van der Waals surface area contributed by atoms with Gasteiger partial charge in [0.05, 0.1) is 24.7 Å². The molecule has 1 aromatic carbocycles. The number of benzene rings is 1. The number of ether oxygens (including phenoxy) is 1. The molecule has 0 spiro atoms. The lowest BCUT2D eigenvalue weighted by molar-refractivity contribution is -0.115. The maximum absolute atomic E-state index is 11.5. The van der Waals surface area contributed by atoms with Crippen LogP contribution in [0.3, 0.4) is 0 Å². The third-order valence-corrected chi connectivity index (χ3v) is 2.32. The van der Waals surface area contributed by atoms with Crippen LogP contribution in [0.15, 0.2) is 18.2 Å². The van der Waals surface area contributed by atoms with Gasteiger partial charge in [0.15, 0.2) is 0 Å². The summed E-state index contributed by atoms with van der Waals surface area (Å²) in [5.74, 6) is 2.81. The maximum atomic E-state index is 11.5. The predicted octanol–water partition coefficient (Wildman–Crippen LogP) is 1.90. The zero-order valence-electron chi connectivity index (χ0n) is 10.1. The van der Waals surface area contributed by atoms with Crippen LogP contribution in [0.25, 0.3) is 0 Å². The molecule has 5 heteroatoms. The van der Waals surface area contributed by atoms with Crippen molar-refractivity contribution in [1.29, 1.82) is 0 Å². The van der Waals surface area contributed by atoms with Gasteiger partial charge in [-0.1, -0.05) is 17.5 Å². The summed E-state index contributed by atoms with van der Waals surface area (Å²) in [6, 6.07) is 5.10. The number of hydrogen-bond donors (Lipinski definition) is 2. The predicted molar refractivity (Wildman–Crippen MR) is 73.0 cm³/mol. The van der Waals surface area contributed by atoms with E-state index in [4.69, 9.17) is 22.8 Å². The zero-order valence-corrected chi connectivity index (χ0v) is 10.9. The molecule has 0 aromatic heterocycles. The molecule has 0 bridgehead atoms. The van der Waals surface area contributed by atoms with Crippen molar-refractivity contribution in [2.75, 3.05) is 25.0 Å². The largest absolute Gasteiger partial charge is 0.492 e. The van der Waals surface area contributed by atoms with E-state index in [0.717, 1.165) is 0 Å². The molecule has 0 aliphatic heterocycles. The molecule has 1 aromatic rings. The van der Waals surface area contributed by atoms with Crippen LogP contribution in [0.4, 0.5) is 5.69 Å². The van der Waals surface area contributed by atoms with E-state index < -0.39 is 0 Å². The second-order valence-electron chi connectivity index (χ2n) is 3.43. The number of amides is 1. The minimum absolute atomic E-state index is 0.162. The molecule has 0 saturated heterocycles. The van der Waals surface area contributed by atoms with Gasteiger partial charge in [-0.15, -0.1) is 6.42 Å². The van der Waals surface area contributed by atoms with Crippen LogP contribution in [0, 0.1) is 12.3 Å². The highest BCUT2D eigenvalue weighted by molar-refractivity contribution is 6.32. The summed E-state index contributed by atoms with van der Waals surface area (Å²) < 4.78 is 5.30. The van der Waals surface area contributed by atoms with Crippen LogP contribution in [-0.4, -0.2) is 25.6 Å². The molecule has 4 nitrogen and oxygen atoms in total. The summed E-state index contributed by atoms with van der Waals surface area (Å²) in [6.45, 7) is 2.94. The van der Waals surface area contributed by atoms with Crippen LogP contribution >= 0.6 is 11.6 Å². The van der Waals surface area contributed by atoms with Crippen molar-refractivity contribution >= 4 is 23.2 Å². The first-order chi connectivity index (χ1) is 8.67. The van der Waals surface area contributed by atoms with E-state index in [9.17, 15) is 4.79 Å². The summed E-state index contributed by atoms with van der Waals surface area (Å²) in [5.41, 5.74) is 0.621. The van der Waals surface area contributed by atoms with E-state index in [1.54, 1.807) is 18.2 Å². The number of anilines is 1. The van der Waals surface area contributed by atoms with Crippen molar-refractivity contribution < 1.29 is 9.53 Å². The van der Waals surface area contributed by atoms with Crippen molar-refractivity contribution in [3.05, 3.63) is 23.2 Å². The Morgan fingerprint density at radius 1 is 1.56 bits per heavy atom. The number of nitrogens with one attached hydrogen (secondary N) is 2. The van der Waals surface area contributed by atoms with E-state index in [-0.39, 0.29) is 12.5 Å². The average molecular weight is 267 g/mol. The summed E-state index contributed by atoms with van der Waals surface area (Å²) in [7, 11) is 0. The van der Waals surface area contributed by atoms with Gasteiger partial charge in [-0.25, -0.2) is 0 Å². The summed E-state index contributed by atoms with van der Waals surface area (Å²) in [6.07, 6.45) is 5.06. The number of halogens is 1. The standard InChI is InChI=1S/C13H15ClN2O2/c1-3-7-15-9-13(17)16-10-5-6-12(18-4-2)11(14)8-10/h1,5-6,8,15H,4,7,9H2,2H3,(H,16,17). The number of rotatable bonds is 6. The molecule has 1 rings (SSSR count). The van der Waals surface area contributed by atoms with Crippen LogP contribution in [0.2, 0.25) is 5.02 Å². The first-order valence-corrected chi connectivity index (χ1v) is 5.91. The quantitative estimate of drug-likeness (QED) is 0.611. The molecule has 0 unspecified atom stereocenters. The topological polar surface area (TPSA) is 50.4 Å². The molecule has 0 radical (unpaired) electrons. The number of carbonyl (C=O) groups excluding carboxylic acids is 1. The van der Waals surface area contributed by atoms with E-state index in [2.05, 4.69) is 16.6 Å². The van der Waals surface area contributed by atoms with Crippen LogP contribution in [0.1, 0.15) is 6.92 Å². The molecule has 0 saturated carbocycles. The molecule has 1 amide bonds. The van der Waals surface area contributed by atoms with Gasteiger partial charge in [0.1, 0.15) is 5.75 Å². The Morgan fingerprint density at radius 3 is 2.94 bits per heavy atom. The maximum Gasteiger partial charge on any atom is 0.238 e. The second kappa shape index (κ2) is 7.59. The third-order valence-electron chi connectivity index (χ3n) is 2.03. The van der Waals surface area contributed by atoms with E-state index in [1.807, 2.05) is 6.92 Å². The van der Waals surface area contributed by atoms with Gasteiger partial charge < -0.3 is 10.1 Å². The fraction of sp³-hybridized carbons (Fsp3) is 0.308. The Labute approximate surface area is 112 Å². The Kier molecular flexibility index (Phi) is 6.06. The van der Waals surface area contributed by atoms with Gasteiger partial charge >= 0.3 is 0 Å². The minimum Gasteiger partial charge on any atom is -0.492 e.